The first-order valence-electron chi connectivity index (χ1n) is 7.64. The first-order valence-corrected chi connectivity index (χ1v) is 7.64. The van der Waals surface area contributed by atoms with Gasteiger partial charge in [0.05, 0.1) is 5.57 Å². The van der Waals surface area contributed by atoms with E-state index in [0.717, 1.165) is 12.1 Å². The van der Waals surface area contributed by atoms with E-state index in [2.05, 4.69) is 0 Å². The number of alkyl halides is 3. The molecule has 2 rings (SSSR count). The molecule has 0 atom stereocenters. The molecule has 5 heteroatoms. The minimum absolute atomic E-state index is 0.247. The fourth-order valence-corrected chi connectivity index (χ4v) is 2.32. The van der Waals surface area contributed by atoms with Gasteiger partial charge in [0.1, 0.15) is 0 Å². The second-order valence-electron chi connectivity index (χ2n) is 5.26. The molecule has 24 heavy (non-hydrogen) atoms. The predicted molar refractivity (Wildman–Crippen MR) is 89.6 cm³/mol. The standard InChI is InChI=1S/C19H18F3NO/c1-2-13-23(16-11-7-4-8-12-16)14-17(18(24)19(20,21)22)15-9-5-3-6-10-15/h3-12,14H,2,13H2,1H3/b17-14+. The van der Waals surface area contributed by atoms with Crippen LogP contribution in [0.5, 0.6) is 0 Å². The van der Waals surface area contributed by atoms with E-state index in [1.54, 1.807) is 47.4 Å². The zero-order valence-electron chi connectivity index (χ0n) is 13.3. The van der Waals surface area contributed by atoms with Gasteiger partial charge in [-0.05, 0) is 24.1 Å². The maximum absolute atomic E-state index is 13.0. The van der Waals surface area contributed by atoms with Crippen molar-refractivity contribution in [2.45, 2.75) is 19.5 Å². The summed E-state index contributed by atoms with van der Waals surface area (Å²) in [7, 11) is 0. The van der Waals surface area contributed by atoms with Crippen molar-refractivity contribution in [1.82, 2.24) is 0 Å². The monoisotopic (exact) mass is 333 g/mol. The fourth-order valence-electron chi connectivity index (χ4n) is 2.32. The second-order valence-corrected chi connectivity index (χ2v) is 5.26. The number of halogens is 3. The van der Waals surface area contributed by atoms with Crippen LogP contribution in [0.3, 0.4) is 0 Å². The van der Waals surface area contributed by atoms with Crippen molar-refractivity contribution >= 4 is 17.0 Å². The van der Waals surface area contributed by atoms with Crippen molar-refractivity contribution in [3.8, 4) is 0 Å². The summed E-state index contributed by atoms with van der Waals surface area (Å²) in [5.74, 6) is -1.84. The number of anilines is 1. The van der Waals surface area contributed by atoms with Gasteiger partial charge in [0, 0.05) is 18.4 Å². The number of allylic oxidation sites excluding steroid dienone is 1. The number of carbonyl (C=O) groups is 1. The highest BCUT2D eigenvalue weighted by molar-refractivity contribution is 6.23. The number of hydrogen-bond acceptors (Lipinski definition) is 2. The smallest absolute Gasteiger partial charge is 0.347 e. The van der Waals surface area contributed by atoms with Gasteiger partial charge >= 0.3 is 6.18 Å². The molecule has 0 radical (unpaired) electrons. The predicted octanol–water partition coefficient (Wildman–Crippen LogP) is 5.08. The molecule has 0 heterocycles. The fraction of sp³-hybridized carbons (Fsp3) is 0.211. The van der Waals surface area contributed by atoms with Crippen molar-refractivity contribution in [3.63, 3.8) is 0 Å². The Balaban J connectivity index is 2.51. The lowest BCUT2D eigenvalue weighted by molar-refractivity contribution is -0.164. The third-order valence-corrected chi connectivity index (χ3v) is 3.42. The Morgan fingerprint density at radius 1 is 1.00 bits per heavy atom. The largest absolute Gasteiger partial charge is 0.454 e. The van der Waals surface area contributed by atoms with Crippen LogP contribution < -0.4 is 4.90 Å². The lowest BCUT2D eigenvalue weighted by atomic mass is 10.0. The molecule has 0 N–H and O–H groups in total. The molecular formula is C19H18F3NO. The molecule has 0 spiro atoms. The molecule has 0 aliphatic rings. The van der Waals surface area contributed by atoms with E-state index >= 15 is 0 Å². The molecule has 0 fully saturated rings. The molecule has 0 aromatic heterocycles. The lowest BCUT2D eigenvalue weighted by Crippen LogP contribution is -2.26. The van der Waals surface area contributed by atoms with Crippen LogP contribution in [0.4, 0.5) is 18.9 Å². The average molecular weight is 333 g/mol. The summed E-state index contributed by atoms with van der Waals surface area (Å²) in [6.45, 7) is 2.43. The van der Waals surface area contributed by atoms with Gasteiger partial charge in [-0.3, -0.25) is 4.79 Å². The number of Topliss-reactive ketones (excluding diaryl/α,β-unsaturated/α-hetero) is 1. The minimum atomic E-state index is -4.92. The van der Waals surface area contributed by atoms with Gasteiger partial charge in [-0.2, -0.15) is 13.2 Å². The highest BCUT2D eigenvalue weighted by atomic mass is 19.4. The Kier molecular flexibility index (Phi) is 5.79. The zero-order valence-corrected chi connectivity index (χ0v) is 13.3. The van der Waals surface area contributed by atoms with Gasteiger partial charge in [0.15, 0.2) is 0 Å². The summed E-state index contributed by atoms with van der Waals surface area (Å²) in [5, 5.41) is 0. The summed E-state index contributed by atoms with van der Waals surface area (Å²) >= 11 is 0. The van der Waals surface area contributed by atoms with Gasteiger partial charge in [0.25, 0.3) is 5.78 Å². The van der Waals surface area contributed by atoms with Gasteiger partial charge in [-0.1, -0.05) is 55.5 Å². The molecule has 0 saturated heterocycles. The molecule has 2 nitrogen and oxygen atoms in total. The number of hydrogen-bond donors (Lipinski definition) is 0. The molecule has 126 valence electrons. The van der Waals surface area contributed by atoms with Gasteiger partial charge in [-0.15, -0.1) is 0 Å². The summed E-state index contributed by atoms with van der Waals surface area (Å²) in [6.07, 6.45) is -2.89. The number of carbonyl (C=O) groups excluding carboxylic acids is 1. The molecule has 2 aromatic carbocycles. The van der Waals surface area contributed by atoms with Crippen LogP contribution in [0.1, 0.15) is 18.9 Å². The van der Waals surface area contributed by atoms with Crippen molar-refractivity contribution < 1.29 is 18.0 Å². The lowest BCUT2D eigenvalue weighted by Gasteiger charge is -2.22. The maximum Gasteiger partial charge on any atom is 0.454 e. The molecule has 0 bridgehead atoms. The Bertz CT molecular complexity index is 694. The Hall–Kier alpha value is -2.56. The number of benzene rings is 2. The Morgan fingerprint density at radius 2 is 1.54 bits per heavy atom. The van der Waals surface area contributed by atoms with Gasteiger partial charge in [-0.25, -0.2) is 0 Å². The molecular weight excluding hydrogens is 315 g/mol. The quantitative estimate of drug-likeness (QED) is 0.688. The molecule has 0 saturated carbocycles. The van der Waals surface area contributed by atoms with Crippen LogP contribution in [0.2, 0.25) is 0 Å². The number of ketones is 1. The number of rotatable bonds is 6. The van der Waals surface area contributed by atoms with Crippen LogP contribution in [-0.2, 0) is 4.79 Å². The van der Waals surface area contributed by atoms with Crippen LogP contribution in [0, 0.1) is 0 Å². The van der Waals surface area contributed by atoms with E-state index in [1.807, 2.05) is 13.0 Å². The zero-order chi connectivity index (χ0) is 17.6. The van der Waals surface area contributed by atoms with Crippen LogP contribution in [0.15, 0.2) is 66.9 Å². The molecule has 0 amide bonds. The summed E-state index contributed by atoms with van der Waals surface area (Å²) < 4.78 is 39.0. The van der Waals surface area contributed by atoms with Gasteiger partial charge < -0.3 is 4.90 Å². The average Bonchev–Trinajstić information content (AvgIpc) is 2.59. The summed E-state index contributed by atoms with van der Waals surface area (Å²) in [4.78, 5) is 13.6. The SMILES string of the molecule is CCCN(/C=C(/C(=O)C(F)(F)F)c1ccccc1)c1ccccc1. The highest BCUT2D eigenvalue weighted by Gasteiger charge is 2.41. The Morgan fingerprint density at radius 3 is 2.04 bits per heavy atom. The first kappa shape index (κ1) is 17.8. The topological polar surface area (TPSA) is 20.3 Å². The number of para-hydroxylation sites is 1. The van der Waals surface area contributed by atoms with E-state index in [1.165, 1.54) is 18.3 Å². The minimum Gasteiger partial charge on any atom is -0.347 e. The third-order valence-electron chi connectivity index (χ3n) is 3.42. The van der Waals surface area contributed by atoms with E-state index in [9.17, 15) is 18.0 Å². The van der Waals surface area contributed by atoms with E-state index in [0.29, 0.717) is 6.54 Å². The van der Waals surface area contributed by atoms with Crippen molar-refractivity contribution in [3.05, 3.63) is 72.4 Å². The second kappa shape index (κ2) is 7.81. The van der Waals surface area contributed by atoms with Gasteiger partial charge in [0.2, 0.25) is 0 Å². The van der Waals surface area contributed by atoms with Crippen LogP contribution >= 0.6 is 0 Å². The summed E-state index contributed by atoms with van der Waals surface area (Å²) in [5.41, 5.74) is 0.625. The first-order chi connectivity index (χ1) is 11.4. The molecule has 0 aliphatic heterocycles. The summed E-state index contributed by atoms with van der Waals surface area (Å²) in [6, 6.07) is 17.0. The molecule has 2 aromatic rings. The van der Waals surface area contributed by atoms with E-state index in [-0.39, 0.29) is 11.1 Å². The van der Waals surface area contributed by atoms with E-state index < -0.39 is 12.0 Å². The van der Waals surface area contributed by atoms with Crippen molar-refractivity contribution in [2.75, 3.05) is 11.4 Å². The van der Waals surface area contributed by atoms with Crippen molar-refractivity contribution in [2.24, 2.45) is 0 Å². The number of nitrogens with zero attached hydrogens (tertiary/aromatic N) is 1. The third kappa shape index (κ3) is 4.47. The van der Waals surface area contributed by atoms with Crippen molar-refractivity contribution in [1.29, 1.82) is 0 Å². The van der Waals surface area contributed by atoms with E-state index in [4.69, 9.17) is 0 Å². The highest BCUT2D eigenvalue weighted by Crippen LogP contribution is 2.28. The molecule has 0 aliphatic carbocycles. The Labute approximate surface area is 139 Å². The van der Waals surface area contributed by atoms with Crippen LogP contribution in [0.25, 0.3) is 5.57 Å². The normalized spacial score (nSPS) is 12.1. The molecule has 0 unspecified atom stereocenters. The maximum atomic E-state index is 13.0. The van der Waals surface area contributed by atoms with Crippen LogP contribution in [-0.4, -0.2) is 18.5 Å².